The molecule has 0 spiro atoms. The lowest BCUT2D eigenvalue weighted by molar-refractivity contribution is -0.149. The van der Waals surface area contributed by atoms with E-state index in [2.05, 4.69) is 5.32 Å². The lowest BCUT2D eigenvalue weighted by Crippen LogP contribution is -2.49. The van der Waals surface area contributed by atoms with Crippen LogP contribution in [0.4, 0.5) is 0 Å². The van der Waals surface area contributed by atoms with Crippen LogP contribution in [0.2, 0.25) is 0 Å². The van der Waals surface area contributed by atoms with Gasteiger partial charge in [-0.05, 0) is 18.4 Å². The Labute approximate surface area is 127 Å². The maximum absolute atomic E-state index is 12.0. The van der Waals surface area contributed by atoms with Gasteiger partial charge in [-0.3, -0.25) is 4.79 Å². The van der Waals surface area contributed by atoms with Crippen molar-refractivity contribution in [1.82, 2.24) is 5.32 Å². The maximum atomic E-state index is 12.0. The van der Waals surface area contributed by atoms with Gasteiger partial charge in [0.1, 0.15) is 6.61 Å². The minimum absolute atomic E-state index is 0.0752. The van der Waals surface area contributed by atoms with E-state index >= 15 is 0 Å². The first-order valence-corrected chi connectivity index (χ1v) is 7.63. The van der Waals surface area contributed by atoms with Crippen LogP contribution in [-0.4, -0.2) is 29.8 Å². The Morgan fingerprint density at radius 2 is 1.90 bits per heavy atom. The van der Waals surface area contributed by atoms with Gasteiger partial charge < -0.3 is 15.2 Å². The summed E-state index contributed by atoms with van der Waals surface area (Å²) in [5, 5.41) is 12.8. The Kier molecular flexibility index (Phi) is 7.40. The molecule has 2 N–H and O–H groups in total. The summed E-state index contributed by atoms with van der Waals surface area (Å²) in [5.74, 6) is -0.455. The molecule has 0 amide bonds. The summed E-state index contributed by atoms with van der Waals surface area (Å²) in [6.45, 7) is 6.79. The second kappa shape index (κ2) is 8.80. The third-order valence-electron chi connectivity index (χ3n) is 4.07. The van der Waals surface area contributed by atoms with E-state index in [1.807, 2.05) is 51.1 Å². The number of ether oxygens (including phenoxy) is 1. The predicted molar refractivity (Wildman–Crippen MR) is 83.8 cm³/mol. The van der Waals surface area contributed by atoms with Crippen molar-refractivity contribution in [3.8, 4) is 0 Å². The molecule has 0 aliphatic rings. The molecule has 0 aromatic heterocycles. The Hall–Kier alpha value is -1.39. The van der Waals surface area contributed by atoms with Crippen molar-refractivity contribution in [3.63, 3.8) is 0 Å². The second-order valence-electron chi connectivity index (χ2n) is 5.52. The molecular weight excluding hydrogens is 266 g/mol. The second-order valence-corrected chi connectivity index (χ2v) is 5.52. The van der Waals surface area contributed by atoms with Crippen molar-refractivity contribution in [1.29, 1.82) is 0 Å². The molecule has 21 heavy (non-hydrogen) atoms. The zero-order valence-corrected chi connectivity index (χ0v) is 13.3. The summed E-state index contributed by atoms with van der Waals surface area (Å²) in [6, 6.07) is 9.64. The zero-order valence-electron chi connectivity index (χ0n) is 13.3. The van der Waals surface area contributed by atoms with Gasteiger partial charge in [0.25, 0.3) is 0 Å². The van der Waals surface area contributed by atoms with Crippen LogP contribution in [0.3, 0.4) is 0 Å². The van der Waals surface area contributed by atoms with Gasteiger partial charge in [0.2, 0.25) is 0 Å². The molecular formula is C17H27NO3. The lowest BCUT2D eigenvalue weighted by atomic mass is 9.93. The van der Waals surface area contributed by atoms with Gasteiger partial charge in [-0.1, -0.05) is 51.1 Å². The third kappa shape index (κ3) is 5.48. The first kappa shape index (κ1) is 17.7. The number of aliphatic hydroxyl groups excluding tert-OH is 1. The highest BCUT2D eigenvalue weighted by molar-refractivity contribution is 5.72. The molecule has 1 aromatic carbocycles. The molecule has 1 aromatic rings. The van der Waals surface area contributed by atoms with Crippen molar-refractivity contribution in [2.75, 3.05) is 13.2 Å². The molecule has 0 saturated carbocycles. The third-order valence-corrected chi connectivity index (χ3v) is 4.07. The van der Waals surface area contributed by atoms with Gasteiger partial charge in [-0.15, -0.1) is 0 Å². The molecule has 0 saturated heterocycles. The molecule has 4 nitrogen and oxygen atoms in total. The standard InChI is InChI=1S/C17H27NO3/c1-4-17(5-2,13-19)18-11-14(3)16(20)21-12-15-9-7-6-8-10-15/h6-10,14,18-19H,4-5,11-13H2,1-3H3. The van der Waals surface area contributed by atoms with Crippen LogP contribution in [0.5, 0.6) is 0 Å². The minimum Gasteiger partial charge on any atom is -0.461 e. The summed E-state index contributed by atoms with van der Waals surface area (Å²) < 4.78 is 5.31. The Morgan fingerprint density at radius 1 is 1.29 bits per heavy atom. The van der Waals surface area contributed by atoms with Crippen molar-refractivity contribution in [3.05, 3.63) is 35.9 Å². The first-order valence-electron chi connectivity index (χ1n) is 7.63. The topological polar surface area (TPSA) is 58.6 Å². The van der Waals surface area contributed by atoms with Crippen LogP contribution < -0.4 is 5.32 Å². The van der Waals surface area contributed by atoms with Gasteiger partial charge in [-0.25, -0.2) is 0 Å². The molecule has 1 atom stereocenters. The van der Waals surface area contributed by atoms with Gasteiger partial charge in [0.15, 0.2) is 0 Å². The van der Waals surface area contributed by atoms with Crippen molar-refractivity contribution >= 4 is 5.97 Å². The van der Waals surface area contributed by atoms with E-state index in [-0.39, 0.29) is 24.0 Å². The molecule has 0 heterocycles. The lowest BCUT2D eigenvalue weighted by Gasteiger charge is -2.31. The molecule has 0 aliphatic carbocycles. The number of hydrogen-bond donors (Lipinski definition) is 2. The molecule has 0 fully saturated rings. The minimum atomic E-state index is -0.298. The van der Waals surface area contributed by atoms with Gasteiger partial charge in [-0.2, -0.15) is 0 Å². The highest BCUT2D eigenvalue weighted by atomic mass is 16.5. The van der Waals surface area contributed by atoms with E-state index in [0.29, 0.717) is 13.2 Å². The summed E-state index contributed by atoms with van der Waals surface area (Å²) in [6.07, 6.45) is 1.65. The van der Waals surface area contributed by atoms with E-state index in [1.165, 1.54) is 0 Å². The number of rotatable bonds is 9. The molecule has 0 bridgehead atoms. The molecule has 1 rings (SSSR count). The van der Waals surface area contributed by atoms with Gasteiger partial charge >= 0.3 is 5.97 Å². The van der Waals surface area contributed by atoms with Crippen molar-refractivity contribution in [2.24, 2.45) is 5.92 Å². The number of aliphatic hydroxyl groups is 1. The maximum Gasteiger partial charge on any atom is 0.310 e. The average molecular weight is 293 g/mol. The number of nitrogens with one attached hydrogen (secondary N) is 1. The fourth-order valence-electron chi connectivity index (χ4n) is 2.10. The number of carbonyl (C=O) groups excluding carboxylic acids is 1. The SMILES string of the molecule is CCC(CC)(CO)NCC(C)C(=O)OCc1ccccc1. The number of hydrogen-bond acceptors (Lipinski definition) is 4. The average Bonchev–Trinajstić information content (AvgIpc) is 2.55. The summed E-state index contributed by atoms with van der Waals surface area (Å²) in [4.78, 5) is 12.0. The van der Waals surface area contributed by atoms with E-state index in [0.717, 1.165) is 18.4 Å². The molecule has 4 heteroatoms. The van der Waals surface area contributed by atoms with Crippen LogP contribution in [-0.2, 0) is 16.1 Å². The van der Waals surface area contributed by atoms with Crippen LogP contribution in [0.25, 0.3) is 0 Å². The van der Waals surface area contributed by atoms with E-state index < -0.39 is 0 Å². The predicted octanol–water partition coefficient (Wildman–Crippen LogP) is 2.51. The van der Waals surface area contributed by atoms with Crippen molar-refractivity contribution in [2.45, 2.75) is 45.8 Å². The molecule has 0 radical (unpaired) electrons. The van der Waals surface area contributed by atoms with Crippen LogP contribution in [0.1, 0.15) is 39.2 Å². The van der Waals surface area contributed by atoms with E-state index in [9.17, 15) is 9.90 Å². The van der Waals surface area contributed by atoms with Crippen LogP contribution in [0.15, 0.2) is 30.3 Å². The fraction of sp³-hybridized carbons (Fsp3) is 0.588. The van der Waals surface area contributed by atoms with Crippen LogP contribution >= 0.6 is 0 Å². The Bertz CT molecular complexity index is 407. The largest absolute Gasteiger partial charge is 0.461 e. The van der Waals surface area contributed by atoms with Gasteiger partial charge in [0, 0.05) is 12.1 Å². The first-order chi connectivity index (χ1) is 10.1. The zero-order chi connectivity index (χ0) is 15.7. The Balaban J connectivity index is 2.40. The quantitative estimate of drug-likeness (QED) is 0.687. The fourth-order valence-corrected chi connectivity index (χ4v) is 2.10. The molecule has 1 unspecified atom stereocenters. The van der Waals surface area contributed by atoms with Gasteiger partial charge in [0.05, 0.1) is 12.5 Å². The van der Waals surface area contributed by atoms with E-state index in [1.54, 1.807) is 0 Å². The summed E-state index contributed by atoms with van der Waals surface area (Å²) >= 11 is 0. The number of benzene rings is 1. The molecule has 0 aliphatic heterocycles. The summed E-state index contributed by atoms with van der Waals surface area (Å²) in [5.41, 5.74) is 0.686. The summed E-state index contributed by atoms with van der Waals surface area (Å²) in [7, 11) is 0. The van der Waals surface area contributed by atoms with Crippen molar-refractivity contribution < 1.29 is 14.6 Å². The molecule has 118 valence electrons. The number of esters is 1. The monoisotopic (exact) mass is 293 g/mol. The van der Waals surface area contributed by atoms with E-state index in [4.69, 9.17) is 4.74 Å². The normalized spacial score (nSPS) is 13.0. The highest BCUT2D eigenvalue weighted by Gasteiger charge is 2.26. The Morgan fingerprint density at radius 3 is 2.43 bits per heavy atom. The highest BCUT2D eigenvalue weighted by Crippen LogP contribution is 2.15. The number of carbonyl (C=O) groups is 1. The van der Waals surface area contributed by atoms with Crippen LogP contribution in [0, 0.1) is 5.92 Å². The smallest absolute Gasteiger partial charge is 0.310 e.